The molecule has 0 aliphatic heterocycles. The van der Waals surface area contributed by atoms with Crippen LogP contribution in [0.15, 0.2) is 267 Å². The number of imidazole rings is 1. The molecule has 0 bridgehead atoms. The first-order valence-corrected chi connectivity index (χ1v) is 24.7. The van der Waals surface area contributed by atoms with Crippen molar-refractivity contribution in [3.8, 4) is 83.8 Å². The second-order valence-electron chi connectivity index (χ2n) is 18.6. The van der Waals surface area contributed by atoms with Crippen molar-refractivity contribution >= 4 is 38.2 Å². The Morgan fingerprint density at radius 1 is 0.310 bits per heavy atom. The molecule has 1 aromatic heterocycles. The molecule has 0 unspecified atom stereocenters. The van der Waals surface area contributed by atoms with Gasteiger partial charge in [-0.25, -0.2) is 4.98 Å². The molecule has 11 aromatic carbocycles. The van der Waals surface area contributed by atoms with Gasteiger partial charge >= 0.3 is 0 Å². The smallest absolute Gasteiger partial charge is 0.145 e. The number of aromatic nitrogens is 2. The van der Waals surface area contributed by atoms with E-state index in [1.165, 1.54) is 88.3 Å². The zero-order valence-corrected chi connectivity index (χ0v) is 39.2. The summed E-state index contributed by atoms with van der Waals surface area (Å²) in [7, 11) is 0. The van der Waals surface area contributed by atoms with E-state index in [1.807, 2.05) is 0 Å². The largest absolute Gasteiger partial charge is 0.292 e. The van der Waals surface area contributed by atoms with Crippen LogP contribution in [0.4, 0.5) is 0 Å². The zero-order chi connectivity index (χ0) is 47.1. The van der Waals surface area contributed by atoms with Crippen LogP contribution >= 0.6 is 0 Å². The molecule has 1 aliphatic rings. The highest BCUT2D eigenvalue weighted by molar-refractivity contribution is 6.22. The lowest BCUT2D eigenvalue weighted by molar-refractivity contribution is 1.04. The Morgan fingerprint density at radius 2 is 0.761 bits per heavy atom. The van der Waals surface area contributed by atoms with Crippen LogP contribution in [0.3, 0.4) is 0 Å². The molecule has 0 amide bonds. The van der Waals surface area contributed by atoms with E-state index in [1.54, 1.807) is 0 Å². The quantitative estimate of drug-likeness (QED) is 0.132. The van der Waals surface area contributed by atoms with Gasteiger partial charge in [-0.2, -0.15) is 0 Å². The lowest BCUT2D eigenvalue weighted by atomic mass is 9.82. The minimum Gasteiger partial charge on any atom is -0.292 e. The first-order valence-electron chi connectivity index (χ1n) is 24.7. The molecule has 1 aliphatic carbocycles. The number of fused-ring (bicyclic) bond motifs is 3. The van der Waals surface area contributed by atoms with Crippen LogP contribution in [0.25, 0.3) is 122 Å². The fraction of sp³-hybridized carbons (Fsp3) is 0.0290. The van der Waals surface area contributed by atoms with Crippen LogP contribution < -0.4 is 0 Å². The van der Waals surface area contributed by atoms with Crippen LogP contribution in [0, 0.1) is 0 Å². The van der Waals surface area contributed by atoms with Gasteiger partial charge in [0.25, 0.3) is 0 Å². The Bertz CT molecular complexity index is 3940. The van der Waals surface area contributed by atoms with E-state index >= 15 is 0 Å². The highest BCUT2D eigenvalue weighted by atomic mass is 15.1. The summed E-state index contributed by atoms with van der Waals surface area (Å²) in [4.78, 5) is 5.19. The summed E-state index contributed by atoms with van der Waals surface area (Å²) in [5.74, 6) is 0.922. The van der Waals surface area contributed by atoms with Gasteiger partial charge in [0.1, 0.15) is 5.82 Å². The van der Waals surface area contributed by atoms with E-state index in [4.69, 9.17) is 4.98 Å². The molecular formula is C69H48N2. The van der Waals surface area contributed by atoms with Crippen molar-refractivity contribution in [1.82, 2.24) is 9.55 Å². The van der Waals surface area contributed by atoms with Gasteiger partial charge in [0.15, 0.2) is 0 Å². The molecular weight excluding hydrogens is 857 g/mol. The monoisotopic (exact) mass is 904 g/mol. The summed E-state index contributed by atoms with van der Waals surface area (Å²) in [5.41, 5.74) is 21.0. The summed E-state index contributed by atoms with van der Waals surface area (Å²) in [5, 5.41) is 4.87. The third-order valence-corrected chi connectivity index (χ3v) is 14.2. The molecule has 0 atom stereocenters. The van der Waals surface area contributed by atoms with E-state index in [9.17, 15) is 0 Å². The molecule has 0 N–H and O–H groups in total. The molecule has 13 rings (SSSR count). The average Bonchev–Trinajstić information content (AvgIpc) is 3.85. The van der Waals surface area contributed by atoms with Gasteiger partial charge in [0.05, 0.1) is 11.0 Å². The molecule has 2 nitrogen and oxygen atoms in total. The maximum absolute atomic E-state index is 5.19. The van der Waals surface area contributed by atoms with Crippen LogP contribution in [0.1, 0.15) is 18.4 Å². The molecule has 2 heteroatoms. The summed E-state index contributed by atoms with van der Waals surface area (Å²) in [6.07, 6.45) is 9.12. The minimum atomic E-state index is 0.922. The Balaban J connectivity index is 1.06. The van der Waals surface area contributed by atoms with Gasteiger partial charge in [0.2, 0.25) is 0 Å². The van der Waals surface area contributed by atoms with Crippen LogP contribution in [0.2, 0.25) is 0 Å². The number of hydrogen-bond acceptors (Lipinski definition) is 1. The number of nitrogens with zero attached hydrogens (tertiary/aromatic N) is 2. The minimum absolute atomic E-state index is 0.922. The zero-order valence-electron chi connectivity index (χ0n) is 39.2. The lowest BCUT2D eigenvalue weighted by Crippen LogP contribution is -1.97. The summed E-state index contributed by atoms with van der Waals surface area (Å²) in [6.45, 7) is 0. The number of rotatable bonds is 9. The second-order valence-corrected chi connectivity index (χ2v) is 18.6. The summed E-state index contributed by atoms with van der Waals surface area (Å²) in [6, 6.07) is 90.9. The Labute approximate surface area is 414 Å². The molecule has 0 saturated carbocycles. The highest BCUT2D eigenvalue weighted by Crippen LogP contribution is 2.48. The third-order valence-electron chi connectivity index (χ3n) is 14.2. The fourth-order valence-electron chi connectivity index (χ4n) is 10.8. The SMILES string of the molecule is C1=CC(c2cc(-c3ccccc3)cc(-c3c4ccccc4c(-c4cc(-c5ccccc5)cc(-c5ccccc5)c4)c4ccc(-c5ccc(-c6nc7ccccc7n6-c6ccccc6)cc5)cc34)c2)=CCC1. The first kappa shape index (κ1) is 42.0. The predicted octanol–water partition coefficient (Wildman–Crippen LogP) is 18.7. The normalized spacial score (nSPS) is 12.4. The van der Waals surface area contributed by atoms with Gasteiger partial charge in [-0.1, -0.05) is 200 Å². The Kier molecular flexibility index (Phi) is 10.7. The molecule has 0 spiro atoms. The van der Waals surface area contributed by atoms with Gasteiger partial charge in [-0.15, -0.1) is 0 Å². The molecule has 12 aromatic rings. The molecule has 71 heavy (non-hydrogen) atoms. The topological polar surface area (TPSA) is 17.8 Å². The molecule has 1 heterocycles. The number of para-hydroxylation sites is 3. The number of hydrogen-bond donors (Lipinski definition) is 0. The molecule has 0 radical (unpaired) electrons. The van der Waals surface area contributed by atoms with Gasteiger partial charge in [0, 0.05) is 11.3 Å². The van der Waals surface area contributed by atoms with E-state index < -0.39 is 0 Å². The van der Waals surface area contributed by atoms with Crippen LogP contribution in [-0.2, 0) is 0 Å². The first-order chi connectivity index (χ1) is 35.2. The Hall–Kier alpha value is -9.11. The third kappa shape index (κ3) is 7.86. The van der Waals surface area contributed by atoms with Crippen LogP contribution in [-0.4, -0.2) is 9.55 Å². The summed E-state index contributed by atoms with van der Waals surface area (Å²) >= 11 is 0. The van der Waals surface area contributed by atoms with E-state index in [2.05, 4.69) is 272 Å². The van der Waals surface area contributed by atoms with Crippen molar-refractivity contribution in [1.29, 1.82) is 0 Å². The van der Waals surface area contributed by atoms with Gasteiger partial charge in [-0.3, -0.25) is 4.57 Å². The van der Waals surface area contributed by atoms with Crippen LogP contribution in [0.5, 0.6) is 0 Å². The molecule has 0 saturated heterocycles. The van der Waals surface area contributed by atoms with Gasteiger partial charge in [-0.05, 0) is 179 Å². The maximum Gasteiger partial charge on any atom is 0.145 e. The molecule has 0 fully saturated rings. The standard InChI is InChI=1S/C69H48N2/c1-6-20-47(21-7-1)54-40-55(48-22-8-2-9-23-48)43-58(42-54)67-61-30-16-17-31-62(61)68(59-44-56(49-24-10-3-11-25-49)41-57(45-59)50-26-12-4-13-27-50)64-46-53(38-39-63(64)67)51-34-36-52(37-35-51)69-70-65-32-18-19-33-66(65)71(69)60-28-14-5-15-29-60/h1-3,5-12,14-46H,4,13H2. The van der Waals surface area contributed by atoms with Crippen molar-refractivity contribution in [2.24, 2.45) is 0 Å². The van der Waals surface area contributed by atoms with E-state index in [0.717, 1.165) is 52.1 Å². The van der Waals surface area contributed by atoms with Crippen molar-refractivity contribution in [3.05, 3.63) is 273 Å². The fourth-order valence-corrected chi connectivity index (χ4v) is 10.8. The number of allylic oxidation sites excluding steroid dienone is 4. The molecule has 334 valence electrons. The second kappa shape index (κ2) is 18.1. The van der Waals surface area contributed by atoms with Crippen molar-refractivity contribution in [2.75, 3.05) is 0 Å². The lowest BCUT2D eigenvalue weighted by Gasteiger charge is -2.21. The van der Waals surface area contributed by atoms with Crippen molar-refractivity contribution in [3.63, 3.8) is 0 Å². The number of benzene rings is 11. The maximum atomic E-state index is 5.19. The average molecular weight is 905 g/mol. The Morgan fingerprint density at radius 3 is 1.35 bits per heavy atom. The highest BCUT2D eigenvalue weighted by Gasteiger charge is 2.21. The van der Waals surface area contributed by atoms with Crippen molar-refractivity contribution < 1.29 is 0 Å². The predicted molar refractivity (Wildman–Crippen MR) is 300 cm³/mol. The summed E-state index contributed by atoms with van der Waals surface area (Å²) < 4.78 is 2.27. The van der Waals surface area contributed by atoms with Crippen molar-refractivity contribution in [2.45, 2.75) is 12.8 Å². The van der Waals surface area contributed by atoms with E-state index in [-0.39, 0.29) is 0 Å². The van der Waals surface area contributed by atoms with Gasteiger partial charge < -0.3 is 0 Å². The van der Waals surface area contributed by atoms with E-state index in [0.29, 0.717) is 0 Å².